The van der Waals surface area contributed by atoms with Crippen LogP contribution in [0.1, 0.15) is 59.8 Å². The van der Waals surface area contributed by atoms with Crippen molar-refractivity contribution in [2.75, 3.05) is 11.5 Å². The molecule has 0 aromatic carbocycles. The van der Waals surface area contributed by atoms with Gasteiger partial charge in [0, 0.05) is 12.3 Å². The molecule has 0 radical (unpaired) electrons. The van der Waals surface area contributed by atoms with Gasteiger partial charge in [0.25, 0.3) is 20.2 Å². The van der Waals surface area contributed by atoms with E-state index >= 15 is 0 Å². The number of fused-ring (bicyclic) bond motifs is 4. The SMILES string of the molecule is CC1(C)C2CCC1(CS(=O)(=O)O)C(=O)C2.CC1(C)C2CCC1(CS(=O)(=O)O)C(=O)C2=O. The summed E-state index contributed by atoms with van der Waals surface area (Å²) in [5, 5.41) is 0. The first-order valence-corrected chi connectivity index (χ1v) is 13.5. The van der Waals surface area contributed by atoms with Crippen LogP contribution in [0, 0.1) is 33.5 Å². The molecule has 176 valence electrons. The van der Waals surface area contributed by atoms with Gasteiger partial charge >= 0.3 is 0 Å². The predicted molar refractivity (Wildman–Crippen MR) is 110 cm³/mol. The largest absolute Gasteiger partial charge is 0.299 e. The van der Waals surface area contributed by atoms with E-state index in [0.29, 0.717) is 25.7 Å². The van der Waals surface area contributed by atoms with Gasteiger partial charge in [-0.05, 0) is 42.4 Å². The molecule has 4 atom stereocenters. The minimum Gasteiger partial charge on any atom is -0.299 e. The quantitative estimate of drug-likeness (QED) is 0.453. The van der Waals surface area contributed by atoms with Crippen LogP contribution in [0.5, 0.6) is 0 Å². The van der Waals surface area contributed by atoms with Crippen molar-refractivity contribution in [3.63, 3.8) is 0 Å². The number of Topliss-reactive ketones (excluding diaryl/α,β-unsaturated/α-hetero) is 3. The lowest BCUT2D eigenvalue weighted by atomic mass is 9.70. The second-order valence-corrected chi connectivity index (χ2v) is 13.6. The highest BCUT2D eigenvalue weighted by molar-refractivity contribution is 7.86. The summed E-state index contributed by atoms with van der Waals surface area (Å²) >= 11 is 0. The fourth-order valence-electron chi connectivity index (χ4n) is 6.72. The van der Waals surface area contributed by atoms with Gasteiger partial charge in [-0.1, -0.05) is 27.7 Å². The molecule has 0 heterocycles. The smallest absolute Gasteiger partial charge is 0.265 e. The molecule has 31 heavy (non-hydrogen) atoms. The zero-order chi connectivity index (χ0) is 23.8. The van der Waals surface area contributed by atoms with Crippen molar-refractivity contribution < 1.29 is 40.3 Å². The number of carbonyl (C=O) groups is 3. The topological polar surface area (TPSA) is 160 Å². The summed E-state index contributed by atoms with van der Waals surface area (Å²) in [7, 11) is -8.33. The van der Waals surface area contributed by atoms with Gasteiger partial charge in [0.2, 0.25) is 11.6 Å². The van der Waals surface area contributed by atoms with E-state index in [1.807, 2.05) is 13.8 Å². The molecule has 0 spiro atoms. The Morgan fingerprint density at radius 2 is 1.29 bits per heavy atom. The van der Waals surface area contributed by atoms with Crippen LogP contribution in [0.2, 0.25) is 0 Å². The number of hydrogen-bond acceptors (Lipinski definition) is 7. The van der Waals surface area contributed by atoms with E-state index < -0.39 is 59.6 Å². The van der Waals surface area contributed by atoms with Crippen LogP contribution in [0.3, 0.4) is 0 Å². The van der Waals surface area contributed by atoms with E-state index in [9.17, 15) is 31.2 Å². The molecule has 11 heteroatoms. The summed E-state index contributed by atoms with van der Waals surface area (Å²) in [5.41, 5.74) is -3.00. The molecule has 4 unspecified atom stereocenters. The summed E-state index contributed by atoms with van der Waals surface area (Å²) in [4.78, 5) is 35.4. The highest BCUT2D eigenvalue weighted by atomic mass is 32.2. The summed E-state index contributed by atoms with van der Waals surface area (Å²) < 4.78 is 61.9. The third-order valence-corrected chi connectivity index (χ3v) is 10.7. The molecule has 0 aromatic heterocycles. The Kier molecular flexibility index (Phi) is 5.46. The molecular weight excluding hydrogens is 448 g/mol. The number of ketones is 3. The van der Waals surface area contributed by atoms with Gasteiger partial charge in [-0.15, -0.1) is 0 Å². The minimum absolute atomic E-state index is 0.0152. The maximum absolute atomic E-state index is 11.9. The van der Waals surface area contributed by atoms with Crippen LogP contribution < -0.4 is 0 Å². The van der Waals surface area contributed by atoms with Crippen LogP contribution in [0.4, 0.5) is 0 Å². The second kappa shape index (κ2) is 6.91. The number of carbonyl (C=O) groups excluding carboxylic acids is 3. The monoisotopic (exact) mass is 478 g/mol. The third-order valence-electron chi connectivity index (χ3n) is 8.94. The van der Waals surface area contributed by atoms with E-state index in [1.54, 1.807) is 13.8 Å². The average Bonchev–Trinajstić information content (AvgIpc) is 3.07. The van der Waals surface area contributed by atoms with Crippen molar-refractivity contribution in [1.82, 2.24) is 0 Å². The van der Waals surface area contributed by atoms with Crippen LogP contribution in [0.25, 0.3) is 0 Å². The van der Waals surface area contributed by atoms with Gasteiger partial charge in [0.15, 0.2) is 0 Å². The highest BCUT2D eigenvalue weighted by Gasteiger charge is 2.70. The lowest BCUT2D eigenvalue weighted by Gasteiger charge is -2.35. The Balaban J connectivity index is 0.000000176. The molecule has 4 aliphatic rings. The molecule has 2 N–H and O–H groups in total. The molecule has 0 saturated heterocycles. The fraction of sp³-hybridized carbons (Fsp3) is 0.850. The van der Waals surface area contributed by atoms with E-state index in [2.05, 4.69) is 0 Å². The molecule has 4 bridgehead atoms. The summed E-state index contributed by atoms with van der Waals surface area (Å²) in [6.07, 6.45) is 2.88. The standard InChI is InChI=1S/C10H14O5S.C10H16O4S/c1-9(2)6-3-4-10(9,5-16(13,14)15)8(12)7(6)11;1-9(2)7-3-4-10(9,8(11)5-7)6-15(12,13)14/h6H,3-5H2,1-2H3,(H,13,14,15);7H,3-6H2,1-2H3,(H,12,13,14). The molecule has 4 aliphatic carbocycles. The molecular formula is C20H30O9S2. The van der Waals surface area contributed by atoms with E-state index in [-0.39, 0.29) is 23.0 Å². The Morgan fingerprint density at radius 1 is 0.806 bits per heavy atom. The van der Waals surface area contributed by atoms with E-state index in [1.165, 1.54) is 0 Å². The zero-order valence-corrected chi connectivity index (χ0v) is 19.8. The van der Waals surface area contributed by atoms with Gasteiger partial charge in [0.1, 0.15) is 5.78 Å². The van der Waals surface area contributed by atoms with Crippen LogP contribution in [-0.4, -0.2) is 54.8 Å². The van der Waals surface area contributed by atoms with Crippen LogP contribution in [0.15, 0.2) is 0 Å². The number of rotatable bonds is 4. The first-order valence-electron chi connectivity index (χ1n) is 10.3. The van der Waals surface area contributed by atoms with E-state index in [0.717, 1.165) is 6.42 Å². The fourth-order valence-corrected chi connectivity index (χ4v) is 9.29. The van der Waals surface area contributed by atoms with Crippen LogP contribution >= 0.6 is 0 Å². The molecule has 0 amide bonds. The Bertz CT molecular complexity index is 1050. The molecule has 0 aliphatic heterocycles. The normalized spacial score (nSPS) is 37.8. The van der Waals surface area contributed by atoms with Crippen molar-refractivity contribution >= 4 is 37.6 Å². The van der Waals surface area contributed by atoms with Gasteiger partial charge < -0.3 is 0 Å². The van der Waals surface area contributed by atoms with Gasteiger partial charge in [-0.2, -0.15) is 16.8 Å². The lowest BCUT2D eigenvalue weighted by Crippen LogP contribution is -2.43. The number of hydrogen-bond donors (Lipinski definition) is 2. The second-order valence-electron chi connectivity index (χ2n) is 10.7. The zero-order valence-electron chi connectivity index (χ0n) is 18.2. The minimum atomic E-state index is -4.25. The lowest BCUT2D eigenvalue weighted by molar-refractivity contribution is -0.141. The summed E-state index contributed by atoms with van der Waals surface area (Å²) in [6, 6.07) is 0. The summed E-state index contributed by atoms with van der Waals surface area (Å²) in [6.45, 7) is 7.36. The molecule has 4 rings (SSSR count). The van der Waals surface area contributed by atoms with Gasteiger partial charge in [0.05, 0.1) is 22.3 Å². The summed E-state index contributed by atoms with van der Waals surface area (Å²) in [5.74, 6) is -2.21. The third kappa shape index (κ3) is 3.52. The van der Waals surface area contributed by atoms with Crippen molar-refractivity contribution in [2.24, 2.45) is 33.5 Å². The molecule has 4 fully saturated rings. The maximum atomic E-state index is 11.9. The van der Waals surface area contributed by atoms with E-state index in [4.69, 9.17) is 9.11 Å². The van der Waals surface area contributed by atoms with Crippen LogP contribution in [-0.2, 0) is 34.6 Å². The van der Waals surface area contributed by atoms with Crippen molar-refractivity contribution in [3.8, 4) is 0 Å². The van der Waals surface area contributed by atoms with Crippen molar-refractivity contribution in [2.45, 2.75) is 59.8 Å². The van der Waals surface area contributed by atoms with Crippen molar-refractivity contribution in [1.29, 1.82) is 0 Å². The van der Waals surface area contributed by atoms with Gasteiger partial charge in [-0.3, -0.25) is 23.5 Å². The average molecular weight is 479 g/mol. The highest BCUT2D eigenvalue weighted by Crippen LogP contribution is 2.64. The Labute approximate surface area is 182 Å². The van der Waals surface area contributed by atoms with Crippen molar-refractivity contribution in [3.05, 3.63) is 0 Å². The first kappa shape index (κ1) is 24.5. The molecule has 4 saturated carbocycles. The molecule has 0 aromatic rings. The Morgan fingerprint density at radius 3 is 1.65 bits per heavy atom. The molecule has 9 nitrogen and oxygen atoms in total. The predicted octanol–water partition coefficient (Wildman–Crippen LogP) is 1.72. The first-order chi connectivity index (χ1) is 13.8. The van der Waals surface area contributed by atoms with Gasteiger partial charge in [-0.25, -0.2) is 0 Å². The Hall–Kier alpha value is -1.17. The maximum Gasteiger partial charge on any atom is 0.265 e.